The van der Waals surface area contributed by atoms with Crippen LogP contribution in [0.4, 0.5) is 11.6 Å². The highest BCUT2D eigenvalue weighted by Crippen LogP contribution is 2.21. The van der Waals surface area contributed by atoms with E-state index in [1.807, 2.05) is 25.1 Å². The highest BCUT2D eigenvalue weighted by molar-refractivity contribution is 7.89. The highest BCUT2D eigenvalue weighted by Gasteiger charge is 2.25. The van der Waals surface area contributed by atoms with E-state index in [0.717, 1.165) is 87.9 Å². The van der Waals surface area contributed by atoms with E-state index in [9.17, 15) is 8.42 Å². The smallest absolute Gasteiger partial charge is 0.243 e. The lowest BCUT2D eigenvalue weighted by molar-refractivity contribution is 0.312. The molecule has 2 fully saturated rings. The Morgan fingerprint density at radius 1 is 0.909 bits per heavy atom. The summed E-state index contributed by atoms with van der Waals surface area (Å²) in [6.45, 7) is 7.92. The Morgan fingerprint density at radius 3 is 2.24 bits per heavy atom. The van der Waals surface area contributed by atoms with Crippen molar-refractivity contribution in [2.24, 2.45) is 0 Å². The van der Waals surface area contributed by atoms with Crippen LogP contribution in [-0.2, 0) is 16.4 Å². The standard InChI is InChI=1S/C24H36N6O2S/c1-20-26-23(19-24(27-20)29-17-15-28(2)16-18-29)25-12-11-21-7-9-22(10-8-21)33(31,32)30-13-5-3-4-6-14-30/h7-10,19H,3-6,11-18H2,1-2H3,(H,25,26,27). The number of rotatable bonds is 7. The fourth-order valence-corrected chi connectivity index (χ4v) is 5.95. The maximum Gasteiger partial charge on any atom is 0.243 e. The van der Waals surface area contributed by atoms with Crippen molar-refractivity contribution >= 4 is 21.7 Å². The van der Waals surface area contributed by atoms with Gasteiger partial charge in [0.05, 0.1) is 4.90 Å². The molecule has 8 nitrogen and oxygen atoms in total. The normalized spacial score (nSPS) is 18.8. The summed E-state index contributed by atoms with van der Waals surface area (Å²) in [5.74, 6) is 2.56. The number of likely N-dealkylation sites (N-methyl/N-ethyl adjacent to an activating group) is 1. The second-order valence-corrected chi connectivity index (χ2v) is 11.0. The maximum absolute atomic E-state index is 13.0. The van der Waals surface area contributed by atoms with E-state index in [1.54, 1.807) is 16.4 Å². The molecule has 0 spiro atoms. The molecule has 0 aliphatic carbocycles. The molecule has 1 aromatic heterocycles. The molecule has 0 atom stereocenters. The fourth-order valence-electron chi connectivity index (χ4n) is 4.43. The zero-order valence-corrected chi connectivity index (χ0v) is 20.6. The van der Waals surface area contributed by atoms with Crippen LogP contribution in [0.15, 0.2) is 35.2 Å². The Labute approximate surface area is 198 Å². The van der Waals surface area contributed by atoms with Crippen molar-refractivity contribution in [3.05, 3.63) is 41.7 Å². The summed E-state index contributed by atoms with van der Waals surface area (Å²) < 4.78 is 27.6. The molecule has 2 saturated heterocycles. The lowest BCUT2D eigenvalue weighted by Gasteiger charge is -2.33. The number of piperazine rings is 1. The van der Waals surface area contributed by atoms with E-state index >= 15 is 0 Å². The van der Waals surface area contributed by atoms with E-state index < -0.39 is 10.0 Å². The molecule has 2 aliphatic rings. The molecule has 0 saturated carbocycles. The van der Waals surface area contributed by atoms with Crippen LogP contribution in [0, 0.1) is 6.92 Å². The van der Waals surface area contributed by atoms with Crippen molar-refractivity contribution in [3.63, 3.8) is 0 Å². The Kier molecular flexibility index (Phi) is 7.82. The number of hydrogen-bond acceptors (Lipinski definition) is 7. The van der Waals surface area contributed by atoms with Crippen molar-refractivity contribution < 1.29 is 8.42 Å². The summed E-state index contributed by atoms with van der Waals surface area (Å²) in [6.07, 6.45) is 4.91. The van der Waals surface area contributed by atoms with Gasteiger partial charge in [-0.25, -0.2) is 18.4 Å². The van der Waals surface area contributed by atoms with Gasteiger partial charge in [-0.3, -0.25) is 0 Å². The van der Waals surface area contributed by atoms with Crippen LogP contribution < -0.4 is 10.2 Å². The Hall–Kier alpha value is -2.23. The average molecular weight is 473 g/mol. The van der Waals surface area contributed by atoms with Gasteiger partial charge in [-0.1, -0.05) is 25.0 Å². The minimum atomic E-state index is -3.40. The number of aromatic nitrogens is 2. The van der Waals surface area contributed by atoms with Gasteiger partial charge >= 0.3 is 0 Å². The van der Waals surface area contributed by atoms with Gasteiger partial charge < -0.3 is 15.1 Å². The minimum Gasteiger partial charge on any atom is -0.370 e. The van der Waals surface area contributed by atoms with Crippen LogP contribution in [0.25, 0.3) is 0 Å². The molecule has 180 valence electrons. The minimum absolute atomic E-state index is 0.393. The maximum atomic E-state index is 13.0. The molecule has 1 N–H and O–H groups in total. The summed E-state index contributed by atoms with van der Waals surface area (Å²) >= 11 is 0. The van der Waals surface area contributed by atoms with E-state index in [-0.39, 0.29) is 0 Å². The number of benzene rings is 1. The van der Waals surface area contributed by atoms with Crippen LogP contribution in [-0.4, -0.2) is 80.5 Å². The molecule has 1 aromatic carbocycles. The first-order chi connectivity index (χ1) is 15.9. The van der Waals surface area contributed by atoms with E-state index in [2.05, 4.69) is 32.1 Å². The molecule has 0 bridgehead atoms. The van der Waals surface area contributed by atoms with Crippen LogP contribution in [0.3, 0.4) is 0 Å². The van der Waals surface area contributed by atoms with Gasteiger partial charge in [0, 0.05) is 51.9 Å². The first-order valence-electron chi connectivity index (χ1n) is 12.0. The summed E-state index contributed by atoms with van der Waals surface area (Å²) in [6, 6.07) is 9.36. The van der Waals surface area contributed by atoms with E-state index in [0.29, 0.717) is 18.0 Å². The Bertz CT molecular complexity index is 1010. The summed E-state index contributed by atoms with van der Waals surface area (Å²) in [4.78, 5) is 14.2. The number of aryl methyl sites for hydroxylation is 1. The van der Waals surface area contributed by atoms with Gasteiger partial charge in [0.25, 0.3) is 0 Å². The molecule has 3 heterocycles. The molecule has 9 heteroatoms. The topological polar surface area (TPSA) is 81.7 Å². The van der Waals surface area contributed by atoms with Gasteiger partial charge in [0.2, 0.25) is 10.0 Å². The highest BCUT2D eigenvalue weighted by atomic mass is 32.2. The molecular weight excluding hydrogens is 436 g/mol. The second-order valence-electron chi connectivity index (χ2n) is 9.09. The van der Waals surface area contributed by atoms with Crippen molar-refractivity contribution in [3.8, 4) is 0 Å². The van der Waals surface area contributed by atoms with E-state index in [4.69, 9.17) is 0 Å². The lowest BCUT2D eigenvalue weighted by Crippen LogP contribution is -2.44. The molecule has 4 rings (SSSR count). The quantitative estimate of drug-likeness (QED) is 0.664. The van der Waals surface area contributed by atoms with Crippen LogP contribution >= 0.6 is 0 Å². The second kappa shape index (κ2) is 10.8. The molecule has 2 aliphatic heterocycles. The number of nitrogens with one attached hydrogen (secondary N) is 1. The van der Waals surface area contributed by atoms with Crippen molar-refractivity contribution in [2.75, 3.05) is 63.1 Å². The number of anilines is 2. The van der Waals surface area contributed by atoms with Gasteiger partial charge in [-0.05, 0) is 50.9 Å². The van der Waals surface area contributed by atoms with Crippen molar-refractivity contribution in [1.29, 1.82) is 0 Å². The zero-order valence-electron chi connectivity index (χ0n) is 19.8. The Balaban J connectivity index is 1.33. The van der Waals surface area contributed by atoms with Gasteiger partial charge in [0.15, 0.2) is 0 Å². The van der Waals surface area contributed by atoms with Crippen molar-refractivity contribution in [1.82, 2.24) is 19.2 Å². The first-order valence-corrected chi connectivity index (χ1v) is 13.5. The van der Waals surface area contributed by atoms with Crippen LogP contribution in [0.1, 0.15) is 37.1 Å². The molecule has 33 heavy (non-hydrogen) atoms. The number of hydrogen-bond donors (Lipinski definition) is 1. The average Bonchev–Trinajstić information content (AvgIpc) is 3.10. The predicted octanol–water partition coefficient (Wildman–Crippen LogP) is 2.76. The Morgan fingerprint density at radius 2 is 1.58 bits per heavy atom. The fraction of sp³-hybridized carbons (Fsp3) is 0.583. The SMILES string of the molecule is Cc1nc(NCCc2ccc(S(=O)(=O)N3CCCCCC3)cc2)cc(N2CCN(C)CC2)n1. The van der Waals surface area contributed by atoms with Crippen LogP contribution in [0.5, 0.6) is 0 Å². The third-order valence-corrected chi connectivity index (χ3v) is 8.41. The number of nitrogens with zero attached hydrogens (tertiary/aromatic N) is 5. The summed E-state index contributed by atoms with van der Waals surface area (Å²) in [5.41, 5.74) is 1.10. The third-order valence-electron chi connectivity index (χ3n) is 6.50. The molecule has 2 aromatic rings. The number of sulfonamides is 1. The molecule has 0 radical (unpaired) electrons. The molecule has 0 unspecified atom stereocenters. The lowest BCUT2D eigenvalue weighted by atomic mass is 10.1. The zero-order chi connectivity index (χ0) is 23.3. The van der Waals surface area contributed by atoms with Crippen molar-refractivity contribution in [2.45, 2.75) is 43.9 Å². The van der Waals surface area contributed by atoms with Gasteiger partial charge in [-0.2, -0.15) is 4.31 Å². The van der Waals surface area contributed by atoms with Gasteiger partial charge in [0.1, 0.15) is 17.5 Å². The first kappa shape index (κ1) is 23.9. The molecular formula is C24H36N6O2S. The van der Waals surface area contributed by atoms with Crippen LogP contribution in [0.2, 0.25) is 0 Å². The predicted molar refractivity (Wildman–Crippen MR) is 132 cm³/mol. The van der Waals surface area contributed by atoms with Gasteiger partial charge in [-0.15, -0.1) is 0 Å². The summed E-state index contributed by atoms with van der Waals surface area (Å²) in [5, 5.41) is 3.41. The van der Waals surface area contributed by atoms with E-state index in [1.165, 1.54) is 0 Å². The monoisotopic (exact) mass is 472 g/mol. The largest absolute Gasteiger partial charge is 0.370 e. The molecule has 0 amide bonds. The summed E-state index contributed by atoms with van der Waals surface area (Å²) in [7, 11) is -1.25. The third kappa shape index (κ3) is 6.22.